The summed E-state index contributed by atoms with van der Waals surface area (Å²) >= 11 is 14.3. The summed E-state index contributed by atoms with van der Waals surface area (Å²) in [5, 5.41) is 0. The molecule has 1 unspecified atom stereocenters. The van der Waals surface area contributed by atoms with E-state index in [9.17, 15) is 31.8 Å². The maximum Gasteiger partial charge on any atom is 0.255 e. The number of ketones is 2. The van der Waals surface area contributed by atoms with Gasteiger partial charge in [0.25, 0.3) is 11.1 Å². The fourth-order valence-electron chi connectivity index (χ4n) is 6.45. The van der Waals surface area contributed by atoms with Crippen LogP contribution >= 0.6 is 45.9 Å². The first-order chi connectivity index (χ1) is 30.1. The standard InChI is InChI=1S/C22H18ClN3O4S2.C22H18ClN3O3S2/c1-32(29,30)20-12-16(26-11-3-2-4-22(26)28)6-7-17(20)25-13-15(24-14-25)5-8-18(27)19-9-10-21(23)31-19;1-31(29)20-12-16(26-11-3-2-4-22(26)28)6-7-17(20)25-13-15(24-14-25)5-8-18(27)19-9-10-21(23)30-19/h2-4,6-7,9-14H,5,8H2,1H3;2-4,6-7,9-14H,5,8H2,1H3. The zero-order valence-electron chi connectivity index (χ0n) is 33.5. The second-order valence-electron chi connectivity index (χ2n) is 13.9. The van der Waals surface area contributed by atoms with Gasteiger partial charge in [-0.3, -0.25) is 32.5 Å². The number of imidazole rings is 2. The molecule has 19 heteroatoms. The van der Waals surface area contributed by atoms with Gasteiger partial charge >= 0.3 is 0 Å². The molecule has 0 fully saturated rings. The number of halogens is 2. The molecule has 1 atom stereocenters. The molecular weight excluding hydrogens is 924 g/mol. The van der Waals surface area contributed by atoms with Crippen molar-refractivity contribution in [3.05, 3.63) is 185 Å². The highest BCUT2D eigenvalue weighted by molar-refractivity contribution is 7.90. The van der Waals surface area contributed by atoms with E-state index >= 15 is 0 Å². The normalized spacial score (nSPS) is 11.8. The number of benzene rings is 2. The Morgan fingerprint density at radius 3 is 1.59 bits per heavy atom. The predicted molar refractivity (Wildman–Crippen MR) is 248 cm³/mol. The van der Waals surface area contributed by atoms with Gasteiger partial charge in [-0.25, -0.2) is 18.4 Å². The summed E-state index contributed by atoms with van der Waals surface area (Å²) in [6, 6.07) is 26.6. The van der Waals surface area contributed by atoms with Crippen molar-refractivity contribution in [2.24, 2.45) is 0 Å². The van der Waals surface area contributed by atoms with Crippen LogP contribution in [0.3, 0.4) is 0 Å². The van der Waals surface area contributed by atoms with E-state index in [1.54, 1.807) is 113 Å². The molecule has 6 aromatic heterocycles. The zero-order chi connectivity index (χ0) is 44.8. The minimum absolute atomic E-state index is 0.0223. The van der Waals surface area contributed by atoms with E-state index in [2.05, 4.69) is 9.97 Å². The van der Waals surface area contributed by atoms with Crippen molar-refractivity contribution < 1.29 is 22.2 Å². The van der Waals surface area contributed by atoms with E-state index in [1.807, 2.05) is 12.3 Å². The number of hydrogen-bond acceptors (Lipinski definition) is 11. The Morgan fingerprint density at radius 2 is 1.14 bits per heavy atom. The Balaban J connectivity index is 0.000000189. The number of nitrogens with zero attached hydrogens (tertiary/aromatic N) is 6. The van der Waals surface area contributed by atoms with Crippen LogP contribution in [0.4, 0.5) is 0 Å². The van der Waals surface area contributed by atoms with Gasteiger partial charge in [0, 0.05) is 68.0 Å². The third kappa shape index (κ3) is 11.0. The molecule has 322 valence electrons. The summed E-state index contributed by atoms with van der Waals surface area (Å²) in [5.74, 6) is 0.00499. The van der Waals surface area contributed by atoms with Crippen molar-refractivity contribution in [1.29, 1.82) is 0 Å². The lowest BCUT2D eigenvalue weighted by Gasteiger charge is -2.12. The van der Waals surface area contributed by atoms with E-state index in [-0.39, 0.29) is 34.0 Å². The molecule has 2 aromatic carbocycles. The molecule has 0 aliphatic carbocycles. The maximum atomic E-state index is 12.5. The molecular formula is C44H36Cl2N6O7S4. The molecule has 0 saturated heterocycles. The number of sulfone groups is 1. The van der Waals surface area contributed by atoms with Crippen molar-refractivity contribution in [3.8, 4) is 22.7 Å². The lowest BCUT2D eigenvalue weighted by atomic mass is 10.1. The summed E-state index contributed by atoms with van der Waals surface area (Å²) < 4.78 is 44.9. The van der Waals surface area contributed by atoms with Crippen LogP contribution in [0.1, 0.15) is 43.6 Å². The van der Waals surface area contributed by atoms with Crippen molar-refractivity contribution in [2.75, 3.05) is 12.5 Å². The molecule has 0 N–H and O–H groups in total. The molecule has 6 heterocycles. The highest BCUT2D eigenvalue weighted by atomic mass is 35.5. The van der Waals surface area contributed by atoms with Crippen LogP contribution in [0, 0.1) is 0 Å². The first-order valence-electron chi connectivity index (χ1n) is 19.0. The second-order valence-corrected chi connectivity index (χ2v) is 20.7. The fourth-order valence-corrected chi connectivity index (χ4v) is 10.1. The molecule has 0 bridgehead atoms. The van der Waals surface area contributed by atoms with Crippen molar-refractivity contribution in [1.82, 2.24) is 28.2 Å². The first kappa shape index (κ1) is 45.2. The molecule has 8 rings (SSSR count). The number of aryl methyl sites for hydroxylation is 2. The van der Waals surface area contributed by atoms with E-state index in [0.717, 1.165) is 11.9 Å². The van der Waals surface area contributed by atoms with E-state index in [1.165, 1.54) is 56.3 Å². The lowest BCUT2D eigenvalue weighted by Crippen LogP contribution is -2.16. The smallest absolute Gasteiger partial charge is 0.255 e. The summed E-state index contributed by atoms with van der Waals surface area (Å²) in [4.78, 5) is 59.5. The summed E-state index contributed by atoms with van der Waals surface area (Å²) in [7, 11) is -4.89. The lowest BCUT2D eigenvalue weighted by molar-refractivity contribution is 0.0978. The van der Waals surface area contributed by atoms with Gasteiger partial charge in [0.15, 0.2) is 21.4 Å². The molecule has 0 aliphatic rings. The maximum absolute atomic E-state index is 12.5. The van der Waals surface area contributed by atoms with Gasteiger partial charge in [0.2, 0.25) is 0 Å². The van der Waals surface area contributed by atoms with Crippen LogP contribution in [0.2, 0.25) is 8.67 Å². The van der Waals surface area contributed by atoms with Crippen molar-refractivity contribution in [3.63, 3.8) is 0 Å². The molecule has 0 amide bonds. The molecule has 0 radical (unpaired) electrons. The van der Waals surface area contributed by atoms with Gasteiger partial charge in [-0.15, -0.1) is 22.7 Å². The van der Waals surface area contributed by atoms with Crippen LogP contribution in [-0.4, -0.2) is 64.9 Å². The van der Waals surface area contributed by atoms with E-state index < -0.39 is 20.6 Å². The average molecular weight is 960 g/mol. The highest BCUT2D eigenvalue weighted by Crippen LogP contribution is 2.27. The zero-order valence-corrected chi connectivity index (χ0v) is 38.2. The predicted octanol–water partition coefficient (Wildman–Crippen LogP) is 8.25. The van der Waals surface area contributed by atoms with Crippen LogP contribution in [-0.2, 0) is 33.5 Å². The number of rotatable bonds is 14. The Labute approximate surface area is 381 Å². The number of carbonyl (C=O) groups is 2. The van der Waals surface area contributed by atoms with Gasteiger partial charge in [-0.05, 0) is 85.6 Å². The number of aromatic nitrogens is 6. The van der Waals surface area contributed by atoms with Gasteiger partial charge in [-0.1, -0.05) is 35.3 Å². The second kappa shape index (κ2) is 19.7. The Bertz CT molecular complexity index is 3240. The van der Waals surface area contributed by atoms with Gasteiger partial charge < -0.3 is 9.13 Å². The topological polar surface area (TPSA) is 165 Å². The number of hydrogen-bond donors (Lipinski definition) is 0. The summed E-state index contributed by atoms with van der Waals surface area (Å²) in [5.41, 5.74) is 3.20. The number of carbonyl (C=O) groups excluding carboxylic acids is 2. The summed E-state index contributed by atoms with van der Waals surface area (Å²) in [6.45, 7) is 0. The van der Waals surface area contributed by atoms with E-state index in [4.69, 9.17) is 23.2 Å². The molecule has 13 nitrogen and oxygen atoms in total. The number of pyridine rings is 2. The third-order valence-corrected chi connectivity index (χ3v) is 14.2. The minimum Gasteiger partial charge on any atom is -0.305 e. The van der Waals surface area contributed by atoms with Crippen molar-refractivity contribution in [2.45, 2.75) is 35.5 Å². The van der Waals surface area contributed by atoms with E-state index in [0.29, 0.717) is 71.0 Å². The van der Waals surface area contributed by atoms with Crippen molar-refractivity contribution >= 4 is 78.1 Å². The Kier molecular flexibility index (Phi) is 14.1. The first-order valence-corrected chi connectivity index (χ1v) is 24.8. The van der Waals surface area contributed by atoms with Gasteiger partial charge in [-0.2, -0.15) is 0 Å². The molecule has 0 spiro atoms. The largest absolute Gasteiger partial charge is 0.305 e. The van der Waals surface area contributed by atoms with Gasteiger partial charge in [0.05, 0.1) is 80.1 Å². The minimum atomic E-state index is -3.60. The molecule has 0 saturated carbocycles. The quantitative estimate of drug-likeness (QED) is 0.0977. The Hall–Kier alpha value is -5.82. The van der Waals surface area contributed by atoms with Crippen LogP contribution in [0.15, 0.2) is 154 Å². The highest BCUT2D eigenvalue weighted by Gasteiger charge is 2.19. The molecule has 63 heavy (non-hydrogen) atoms. The number of thiophene rings is 2. The average Bonchev–Trinajstić information content (AvgIpc) is 4.11. The number of Topliss-reactive ketones (excluding diaryl/α,β-unsaturated/α-hetero) is 2. The third-order valence-electron chi connectivity index (χ3n) is 9.54. The van der Waals surface area contributed by atoms with Crippen LogP contribution in [0.25, 0.3) is 22.7 Å². The van der Waals surface area contributed by atoms with Crippen LogP contribution in [0.5, 0.6) is 0 Å². The van der Waals surface area contributed by atoms with Crippen LogP contribution < -0.4 is 11.1 Å². The monoisotopic (exact) mass is 958 g/mol. The summed E-state index contributed by atoms with van der Waals surface area (Å²) in [6.07, 6.45) is 14.1. The Morgan fingerprint density at radius 1 is 0.667 bits per heavy atom. The van der Waals surface area contributed by atoms with Gasteiger partial charge in [0.1, 0.15) is 0 Å². The fraction of sp³-hybridized carbons (Fsp3) is 0.136. The molecule has 0 aliphatic heterocycles. The SMILES string of the molecule is CS(=O)(=O)c1cc(-n2ccccc2=O)ccc1-n1cnc(CCC(=O)c2ccc(Cl)s2)c1.CS(=O)c1cc(-n2ccccc2=O)ccc1-n1cnc(CCC(=O)c2ccc(Cl)s2)c1. The molecule has 8 aromatic rings.